The van der Waals surface area contributed by atoms with Crippen molar-refractivity contribution >= 4 is 23.9 Å². The highest BCUT2D eigenvalue weighted by Crippen LogP contribution is 2.20. The van der Waals surface area contributed by atoms with E-state index in [1.54, 1.807) is 0 Å². The first kappa shape index (κ1) is 11.2. The molecule has 1 aromatic heterocycles. The van der Waals surface area contributed by atoms with E-state index in [2.05, 4.69) is 9.97 Å². The van der Waals surface area contributed by atoms with Gasteiger partial charge in [0.05, 0.1) is 0 Å². The first-order valence-electron chi connectivity index (χ1n) is 5.14. The molecule has 1 N–H and O–H groups in total. The van der Waals surface area contributed by atoms with E-state index in [0.717, 1.165) is 25.9 Å². The van der Waals surface area contributed by atoms with Gasteiger partial charge >= 0.3 is 0 Å². The van der Waals surface area contributed by atoms with E-state index >= 15 is 0 Å². The van der Waals surface area contributed by atoms with Gasteiger partial charge < -0.3 is 9.88 Å². The number of hydrogen-bond donors (Lipinski definition) is 1. The first-order valence-corrected chi connectivity index (χ1v) is 6.37. The van der Waals surface area contributed by atoms with Crippen LogP contribution in [0.15, 0.2) is 9.95 Å². The summed E-state index contributed by atoms with van der Waals surface area (Å²) in [5.74, 6) is 0.528. The van der Waals surface area contributed by atoms with E-state index < -0.39 is 0 Å². The fourth-order valence-electron chi connectivity index (χ4n) is 1.82. The molecule has 5 nitrogen and oxygen atoms in total. The van der Waals surface area contributed by atoms with Crippen LogP contribution in [0, 0.1) is 0 Å². The highest BCUT2D eigenvalue weighted by molar-refractivity contribution is 7.98. The van der Waals surface area contributed by atoms with Crippen molar-refractivity contribution in [1.82, 2.24) is 9.97 Å². The predicted molar refractivity (Wildman–Crippen MR) is 63.5 cm³/mol. The van der Waals surface area contributed by atoms with Gasteiger partial charge in [-0.15, -0.1) is 0 Å². The minimum atomic E-state index is -0.351. The lowest BCUT2D eigenvalue weighted by Crippen LogP contribution is -2.26. The molecule has 86 valence electrons. The number of H-pyrrole nitrogens is 1. The molecule has 6 heteroatoms. The number of nitrogens with one attached hydrogen (secondary N) is 1. The lowest BCUT2D eigenvalue weighted by molar-refractivity contribution is 0.112. The molecule has 0 unspecified atom stereocenters. The topological polar surface area (TPSA) is 66.1 Å². The average Bonchev–Trinajstić information content (AvgIpc) is 2.81. The molecular weight excluding hydrogens is 226 g/mol. The van der Waals surface area contributed by atoms with Crippen LogP contribution in [0.4, 0.5) is 5.82 Å². The van der Waals surface area contributed by atoms with Gasteiger partial charge in [0.25, 0.3) is 5.56 Å². The third kappa shape index (κ3) is 1.97. The Morgan fingerprint density at radius 1 is 1.44 bits per heavy atom. The van der Waals surface area contributed by atoms with Crippen molar-refractivity contribution in [3.8, 4) is 0 Å². The zero-order valence-corrected chi connectivity index (χ0v) is 9.84. The minimum Gasteiger partial charge on any atom is -0.356 e. The Balaban J connectivity index is 2.51. The van der Waals surface area contributed by atoms with Crippen molar-refractivity contribution in [1.29, 1.82) is 0 Å². The molecule has 1 aliphatic rings. The van der Waals surface area contributed by atoms with Crippen LogP contribution in [-0.4, -0.2) is 35.6 Å². The first-order chi connectivity index (χ1) is 7.76. The second-order valence-corrected chi connectivity index (χ2v) is 4.42. The van der Waals surface area contributed by atoms with Crippen molar-refractivity contribution < 1.29 is 4.79 Å². The number of nitrogens with zero attached hydrogens (tertiary/aromatic N) is 2. The van der Waals surface area contributed by atoms with Gasteiger partial charge in [-0.2, -0.15) is 0 Å². The van der Waals surface area contributed by atoms with E-state index in [1.165, 1.54) is 11.8 Å². The summed E-state index contributed by atoms with van der Waals surface area (Å²) in [7, 11) is 0. The molecule has 1 fully saturated rings. The molecule has 2 heterocycles. The summed E-state index contributed by atoms with van der Waals surface area (Å²) in [6.45, 7) is 1.73. The van der Waals surface area contributed by atoms with Crippen molar-refractivity contribution in [2.24, 2.45) is 0 Å². The number of aromatic amines is 1. The summed E-state index contributed by atoms with van der Waals surface area (Å²) in [5.41, 5.74) is -0.212. The zero-order valence-electron chi connectivity index (χ0n) is 9.02. The van der Waals surface area contributed by atoms with Crippen molar-refractivity contribution in [3.05, 3.63) is 15.9 Å². The van der Waals surface area contributed by atoms with Gasteiger partial charge in [-0.3, -0.25) is 9.59 Å². The van der Waals surface area contributed by atoms with Crippen LogP contribution in [0.1, 0.15) is 23.2 Å². The Kier molecular flexibility index (Phi) is 3.28. The molecular formula is C10H13N3O2S. The third-order valence-corrected chi connectivity index (χ3v) is 3.21. The van der Waals surface area contributed by atoms with Gasteiger partial charge in [0.2, 0.25) is 0 Å². The van der Waals surface area contributed by atoms with E-state index in [1.807, 2.05) is 11.2 Å². The van der Waals surface area contributed by atoms with Crippen molar-refractivity contribution in [2.75, 3.05) is 24.2 Å². The molecule has 0 aromatic carbocycles. The van der Waals surface area contributed by atoms with Gasteiger partial charge in [-0.25, -0.2) is 4.98 Å². The van der Waals surface area contributed by atoms with Crippen LogP contribution in [0.2, 0.25) is 0 Å². The number of hydrogen-bond acceptors (Lipinski definition) is 5. The van der Waals surface area contributed by atoms with Crippen LogP contribution in [0.25, 0.3) is 0 Å². The highest BCUT2D eigenvalue weighted by Gasteiger charge is 2.20. The zero-order chi connectivity index (χ0) is 11.5. The Hall–Kier alpha value is -1.30. The lowest BCUT2D eigenvalue weighted by atomic mass is 10.3. The van der Waals surface area contributed by atoms with Crippen LogP contribution in [0.3, 0.4) is 0 Å². The maximum Gasteiger partial charge on any atom is 0.264 e. The molecule has 1 aliphatic heterocycles. The molecule has 0 spiro atoms. The molecule has 16 heavy (non-hydrogen) atoms. The molecule has 1 saturated heterocycles. The Morgan fingerprint density at radius 2 is 2.12 bits per heavy atom. The summed E-state index contributed by atoms with van der Waals surface area (Å²) in [4.78, 5) is 31.4. The Labute approximate surface area is 97.3 Å². The van der Waals surface area contributed by atoms with Gasteiger partial charge in [0.1, 0.15) is 11.4 Å². The maximum atomic E-state index is 11.6. The average molecular weight is 239 g/mol. The van der Waals surface area contributed by atoms with Gasteiger partial charge in [0.15, 0.2) is 11.4 Å². The number of thioether (sulfide) groups is 1. The molecule has 0 radical (unpaired) electrons. The number of anilines is 1. The van der Waals surface area contributed by atoms with E-state index in [0.29, 0.717) is 17.3 Å². The molecule has 0 amide bonds. The number of carbonyl (C=O) groups is 1. The molecule has 0 bridgehead atoms. The number of rotatable bonds is 3. The fourth-order valence-corrected chi connectivity index (χ4v) is 2.20. The van der Waals surface area contributed by atoms with Crippen LogP contribution >= 0.6 is 11.8 Å². The Morgan fingerprint density at radius 3 is 2.69 bits per heavy atom. The predicted octanol–water partition coefficient (Wildman–Crippen LogP) is 0.904. The number of aromatic nitrogens is 2. The van der Waals surface area contributed by atoms with Gasteiger partial charge in [-0.05, 0) is 19.1 Å². The minimum absolute atomic E-state index is 0.139. The molecule has 1 aromatic rings. The summed E-state index contributed by atoms with van der Waals surface area (Å²) in [6.07, 6.45) is 4.60. The van der Waals surface area contributed by atoms with Gasteiger partial charge in [-0.1, -0.05) is 11.8 Å². The van der Waals surface area contributed by atoms with E-state index in [-0.39, 0.29) is 11.1 Å². The van der Waals surface area contributed by atoms with E-state index in [4.69, 9.17) is 0 Å². The molecule has 0 atom stereocenters. The standard InChI is InChI=1S/C10H13N3O2S/c1-16-10-11-8(13-4-2-3-5-13)7(6-14)9(15)12-10/h6H,2-5H2,1H3,(H,11,12,15). The maximum absolute atomic E-state index is 11.6. The summed E-state index contributed by atoms with van der Waals surface area (Å²) in [6, 6.07) is 0. The van der Waals surface area contributed by atoms with Crippen molar-refractivity contribution in [2.45, 2.75) is 18.0 Å². The second-order valence-electron chi connectivity index (χ2n) is 3.62. The number of aldehydes is 1. The van der Waals surface area contributed by atoms with Crippen LogP contribution < -0.4 is 10.5 Å². The largest absolute Gasteiger partial charge is 0.356 e. The van der Waals surface area contributed by atoms with Crippen LogP contribution in [0.5, 0.6) is 0 Å². The summed E-state index contributed by atoms with van der Waals surface area (Å²) < 4.78 is 0. The molecule has 2 rings (SSSR count). The van der Waals surface area contributed by atoms with Gasteiger partial charge in [0, 0.05) is 13.1 Å². The molecule has 0 saturated carbocycles. The highest BCUT2D eigenvalue weighted by atomic mass is 32.2. The SMILES string of the molecule is CSc1nc(N2CCCC2)c(C=O)c(=O)[nH]1. The fraction of sp³-hybridized carbons (Fsp3) is 0.500. The number of carbonyl (C=O) groups excluding carboxylic acids is 1. The van der Waals surface area contributed by atoms with E-state index in [9.17, 15) is 9.59 Å². The summed E-state index contributed by atoms with van der Waals surface area (Å²) in [5, 5.41) is 0.553. The normalized spacial score (nSPS) is 15.4. The second kappa shape index (κ2) is 4.69. The third-order valence-electron chi connectivity index (χ3n) is 2.63. The van der Waals surface area contributed by atoms with Crippen molar-refractivity contribution in [3.63, 3.8) is 0 Å². The monoisotopic (exact) mass is 239 g/mol. The smallest absolute Gasteiger partial charge is 0.264 e. The van der Waals surface area contributed by atoms with Crippen LogP contribution in [-0.2, 0) is 0 Å². The summed E-state index contributed by atoms with van der Waals surface area (Å²) >= 11 is 1.37. The lowest BCUT2D eigenvalue weighted by Gasteiger charge is -2.17. The Bertz CT molecular complexity index is 452. The molecule has 0 aliphatic carbocycles. The quantitative estimate of drug-likeness (QED) is 0.482.